The van der Waals surface area contributed by atoms with Crippen molar-refractivity contribution in [2.24, 2.45) is 11.8 Å². The highest BCUT2D eigenvalue weighted by Gasteiger charge is 2.49. The van der Waals surface area contributed by atoms with Crippen LogP contribution in [0.3, 0.4) is 0 Å². The molecule has 0 aromatic heterocycles. The van der Waals surface area contributed by atoms with Crippen molar-refractivity contribution in [1.82, 2.24) is 10.6 Å². The van der Waals surface area contributed by atoms with E-state index in [4.69, 9.17) is 4.74 Å². The lowest BCUT2D eigenvalue weighted by Crippen LogP contribution is -2.56. The summed E-state index contributed by atoms with van der Waals surface area (Å²) in [5.74, 6) is 0.749. The minimum absolute atomic E-state index is 0.00306. The van der Waals surface area contributed by atoms with Crippen molar-refractivity contribution in [3.63, 3.8) is 0 Å². The van der Waals surface area contributed by atoms with Crippen molar-refractivity contribution in [3.8, 4) is 0 Å². The SMILES string of the molecule is CC(C)(C)OC(=O)NCC(C)(NC(=O)C1CC1c1ccccc1Br)C1CC1. The highest BCUT2D eigenvalue weighted by atomic mass is 79.9. The van der Waals surface area contributed by atoms with Crippen LogP contribution >= 0.6 is 15.9 Å². The van der Waals surface area contributed by atoms with Crippen molar-refractivity contribution in [2.45, 2.75) is 64.0 Å². The first-order valence-corrected chi connectivity index (χ1v) is 10.4. The van der Waals surface area contributed by atoms with Crippen molar-refractivity contribution in [3.05, 3.63) is 34.3 Å². The molecule has 3 rings (SSSR count). The number of alkyl carbamates (subject to hydrolysis) is 1. The highest BCUT2D eigenvalue weighted by molar-refractivity contribution is 9.10. The predicted molar refractivity (Wildman–Crippen MR) is 108 cm³/mol. The van der Waals surface area contributed by atoms with Gasteiger partial charge in [0.1, 0.15) is 5.60 Å². The second kappa shape index (κ2) is 7.46. The zero-order valence-corrected chi connectivity index (χ0v) is 18.1. The zero-order valence-electron chi connectivity index (χ0n) is 16.5. The summed E-state index contributed by atoms with van der Waals surface area (Å²) in [4.78, 5) is 24.9. The maximum absolute atomic E-state index is 12.9. The number of amides is 2. The monoisotopic (exact) mass is 436 g/mol. The summed E-state index contributed by atoms with van der Waals surface area (Å²) in [5.41, 5.74) is 0.223. The molecule has 6 heteroatoms. The Labute approximate surface area is 169 Å². The van der Waals surface area contributed by atoms with E-state index in [1.165, 1.54) is 5.56 Å². The van der Waals surface area contributed by atoms with Gasteiger partial charge in [-0.25, -0.2) is 4.79 Å². The number of ether oxygens (including phenoxy) is 1. The molecule has 3 atom stereocenters. The molecule has 2 aliphatic carbocycles. The second-order valence-electron chi connectivity index (χ2n) is 9.01. The van der Waals surface area contributed by atoms with Gasteiger partial charge in [-0.15, -0.1) is 0 Å². The lowest BCUT2D eigenvalue weighted by Gasteiger charge is -2.32. The molecule has 0 saturated heterocycles. The summed E-state index contributed by atoms with van der Waals surface area (Å²) in [6, 6.07) is 8.08. The Morgan fingerprint density at radius 3 is 2.44 bits per heavy atom. The van der Waals surface area contributed by atoms with E-state index in [-0.39, 0.29) is 17.7 Å². The average Bonchev–Trinajstić information content (AvgIpc) is 3.45. The zero-order chi connectivity index (χ0) is 19.8. The third-order valence-corrected chi connectivity index (χ3v) is 6.04. The van der Waals surface area contributed by atoms with E-state index in [0.29, 0.717) is 12.5 Å². The average molecular weight is 437 g/mol. The predicted octanol–water partition coefficient (Wildman–Crippen LogP) is 4.36. The summed E-state index contributed by atoms with van der Waals surface area (Å²) in [6.07, 6.45) is 2.58. The maximum Gasteiger partial charge on any atom is 0.407 e. The summed E-state index contributed by atoms with van der Waals surface area (Å²) >= 11 is 3.58. The Kier molecular flexibility index (Phi) is 5.57. The molecule has 0 spiro atoms. The molecule has 1 aromatic carbocycles. The number of carbonyl (C=O) groups is 2. The van der Waals surface area contributed by atoms with Gasteiger partial charge in [0.2, 0.25) is 5.91 Å². The standard InChI is InChI=1S/C21H29BrN2O3/c1-20(2,3)27-19(26)23-12-21(4,13-9-10-13)24-18(25)16-11-15(16)14-7-5-6-8-17(14)22/h5-8,13,15-16H,9-12H2,1-4H3,(H,23,26)(H,24,25). The number of benzene rings is 1. The summed E-state index contributed by atoms with van der Waals surface area (Å²) in [6.45, 7) is 7.91. The molecule has 2 saturated carbocycles. The van der Waals surface area contributed by atoms with Crippen LogP contribution in [-0.4, -0.2) is 29.7 Å². The number of nitrogens with one attached hydrogen (secondary N) is 2. The van der Waals surface area contributed by atoms with Crippen molar-refractivity contribution in [1.29, 1.82) is 0 Å². The van der Waals surface area contributed by atoms with Gasteiger partial charge in [-0.1, -0.05) is 34.1 Å². The molecule has 3 unspecified atom stereocenters. The molecular formula is C21H29BrN2O3. The minimum Gasteiger partial charge on any atom is -0.444 e. The van der Waals surface area contributed by atoms with Gasteiger partial charge in [0.25, 0.3) is 0 Å². The molecule has 2 N–H and O–H groups in total. The first-order valence-electron chi connectivity index (χ1n) is 9.62. The van der Waals surface area contributed by atoms with Gasteiger partial charge in [0.05, 0.1) is 5.54 Å². The second-order valence-corrected chi connectivity index (χ2v) is 9.86. The molecule has 0 heterocycles. The Hall–Kier alpha value is -1.56. The molecule has 27 heavy (non-hydrogen) atoms. The van der Waals surface area contributed by atoms with Crippen LogP contribution in [0, 0.1) is 11.8 Å². The van der Waals surface area contributed by atoms with Crippen LogP contribution in [0.15, 0.2) is 28.7 Å². The fourth-order valence-corrected chi connectivity index (χ4v) is 4.14. The largest absolute Gasteiger partial charge is 0.444 e. The van der Waals surface area contributed by atoms with E-state index in [2.05, 4.69) is 32.6 Å². The summed E-state index contributed by atoms with van der Waals surface area (Å²) in [7, 11) is 0. The van der Waals surface area contributed by atoms with E-state index >= 15 is 0 Å². The molecule has 1 aromatic rings. The Balaban J connectivity index is 1.57. The summed E-state index contributed by atoms with van der Waals surface area (Å²) < 4.78 is 6.38. The van der Waals surface area contributed by atoms with Crippen LogP contribution in [0.4, 0.5) is 4.79 Å². The smallest absolute Gasteiger partial charge is 0.407 e. The minimum atomic E-state index is -0.534. The molecule has 0 bridgehead atoms. The van der Waals surface area contributed by atoms with Crippen molar-refractivity contribution in [2.75, 3.05) is 6.54 Å². The Morgan fingerprint density at radius 1 is 1.19 bits per heavy atom. The lowest BCUT2D eigenvalue weighted by molar-refractivity contribution is -0.124. The lowest BCUT2D eigenvalue weighted by atomic mass is 9.95. The van der Waals surface area contributed by atoms with Crippen LogP contribution in [0.25, 0.3) is 0 Å². The molecule has 148 valence electrons. The summed E-state index contributed by atoms with van der Waals surface area (Å²) in [5, 5.41) is 6.06. The number of hydrogen-bond donors (Lipinski definition) is 2. The first-order chi connectivity index (χ1) is 12.6. The van der Waals surface area contributed by atoms with Crippen molar-refractivity contribution < 1.29 is 14.3 Å². The fourth-order valence-electron chi connectivity index (χ4n) is 3.56. The number of hydrogen-bond acceptors (Lipinski definition) is 3. The number of halogens is 1. The maximum atomic E-state index is 12.9. The molecular weight excluding hydrogens is 408 g/mol. The van der Waals surface area contributed by atoms with Crippen LogP contribution in [0.5, 0.6) is 0 Å². The van der Waals surface area contributed by atoms with E-state index in [9.17, 15) is 9.59 Å². The van der Waals surface area contributed by atoms with Crippen LogP contribution < -0.4 is 10.6 Å². The molecule has 2 aliphatic rings. The van der Waals surface area contributed by atoms with Gasteiger partial charge in [-0.05, 0) is 70.4 Å². The van der Waals surface area contributed by atoms with E-state index in [1.807, 2.05) is 45.9 Å². The third kappa shape index (κ3) is 5.24. The molecule has 5 nitrogen and oxygen atoms in total. The van der Waals surface area contributed by atoms with Crippen molar-refractivity contribution >= 4 is 27.9 Å². The van der Waals surface area contributed by atoms with Gasteiger partial charge in [-0.3, -0.25) is 4.79 Å². The first kappa shape index (κ1) is 20.2. The van der Waals surface area contributed by atoms with Crippen LogP contribution in [-0.2, 0) is 9.53 Å². The van der Waals surface area contributed by atoms with E-state index < -0.39 is 17.2 Å². The quantitative estimate of drug-likeness (QED) is 0.695. The van der Waals surface area contributed by atoms with Crippen LogP contribution in [0.1, 0.15) is 58.4 Å². The Morgan fingerprint density at radius 2 is 1.85 bits per heavy atom. The highest BCUT2D eigenvalue weighted by Crippen LogP contribution is 2.50. The van der Waals surface area contributed by atoms with Crippen LogP contribution in [0.2, 0.25) is 0 Å². The van der Waals surface area contributed by atoms with Gasteiger partial charge >= 0.3 is 6.09 Å². The topological polar surface area (TPSA) is 67.4 Å². The van der Waals surface area contributed by atoms with Gasteiger partial charge in [0.15, 0.2) is 0 Å². The molecule has 0 aliphatic heterocycles. The molecule has 2 fully saturated rings. The molecule has 2 amide bonds. The third-order valence-electron chi connectivity index (χ3n) is 5.32. The normalized spacial score (nSPS) is 23.9. The molecule has 0 radical (unpaired) electrons. The van der Waals surface area contributed by atoms with Gasteiger partial charge in [0, 0.05) is 16.9 Å². The Bertz CT molecular complexity index is 726. The number of carbonyl (C=O) groups excluding carboxylic acids is 2. The van der Waals surface area contributed by atoms with Gasteiger partial charge in [-0.2, -0.15) is 0 Å². The van der Waals surface area contributed by atoms with Gasteiger partial charge < -0.3 is 15.4 Å². The van der Waals surface area contributed by atoms with E-state index in [0.717, 1.165) is 23.7 Å². The van der Waals surface area contributed by atoms with E-state index in [1.54, 1.807) is 0 Å². The number of rotatable bonds is 6. The fraction of sp³-hybridized carbons (Fsp3) is 0.619.